The molecular formula is C12H18N2O2. The summed E-state index contributed by atoms with van der Waals surface area (Å²) in [5.41, 5.74) is 7.64. The highest BCUT2D eigenvalue weighted by Crippen LogP contribution is 2.04. The fraction of sp³-hybridized carbons (Fsp3) is 0.417. The molecule has 0 spiro atoms. The fourth-order valence-electron chi connectivity index (χ4n) is 1.31. The van der Waals surface area contributed by atoms with Crippen LogP contribution in [0.3, 0.4) is 0 Å². The van der Waals surface area contributed by atoms with Gasteiger partial charge in [0.1, 0.15) is 6.10 Å². The fourth-order valence-corrected chi connectivity index (χ4v) is 1.31. The van der Waals surface area contributed by atoms with Gasteiger partial charge in [-0.25, -0.2) is 0 Å². The standard InChI is InChI=1S/C12H18N2O2/c1-9(16-2)12(15)14-8-11-5-3-4-10(6-11)7-13/h3-6,9H,7-8,13H2,1-2H3,(H,14,15). The van der Waals surface area contributed by atoms with Gasteiger partial charge in [0.15, 0.2) is 0 Å². The van der Waals surface area contributed by atoms with Crippen molar-refractivity contribution in [2.45, 2.75) is 26.1 Å². The number of hydrogen-bond donors (Lipinski definition) is 2. The third-order valence-electron chi connectivity index (χ3n) is 2.42. The minimum atomic E-state index is -0.419. The van der Waals surface area contributed by atoms with Crippen LogP contribution in [0.2, 0.25) is 0 Å². The van der Waals surface area contributed by atoms with Crippen LogP contribution in [0, 0.1) is 0 Å². The molecule has 0 heterocycles. The van der Waals surface area contributed by atoms with Gasteiger partial charge in [-0.3, -0.25) is 4.79 Å². The number of carbonyl (C=O) groups excluding carboxylic acids is 1. The molecule has 0 bridgehead atoms. The third kappa shape index (κ3) is 3.64. The molecule has 0 saturated heterocycles. The van der Waals surface area contributed by atoms with E-state index < -0.39 is 6.10 Å². The van der Waals surface area contributed by atoms with E-state index in [4.69, 9.17) is 10.5 Å². The number of benzene rings is 1. The van der Waals surface area contributed by atoms with Crippen LogP contribution >= 0.6 is 0 Å². The second-order valence-electron chi connectivity index (χ2n) is 3.62. The maximum absolute atomic E-state index is 11.4. The Balaban J connectivity index is 2.51. The second-order valence-corrected chi connectivity index (χ2v) is 3.62. The number of nitrogens with one attached hydrogen (secondary N) is 1. The summed E-state index contributed by atoms with van der Waals surface area (Å²) in [4.78, 5) is 11.4. The Bertz CT molecular complexity index is 353. The molecule has 0 saturated carbocycles. The Morgan fingerprint density at radius 3 is 2.81 bits per heavy atom. The van der Waals surface area contributed by atoms with Gasteiger partial charge in [0.05, 0.1) is 0 Å². The molecule has 1 atom stereocenters. The number of carbonyl (C=O) groups is 1. The van der Waals surface area contributed by atoms with Crippen LogP contribution in [0.15, 0.2) is 24.3 Å². The first-order valence-corrected chi connectivity index (χ1v) is 5.25. The largest absolute Gasteiger partial charge is 0.372 e. The summed E-state index contributed by atoms with van der Waals surface area (Å²) in [6.45, 7) is 2.72. The van der Waals surface area contributed by atoms with Crippen LogP contribution in [0.1, 0.15) is 18.1 Å². The number of amides is 1. The molecule has 0 fully saturated rings. The second kappa shape index (κ2) is 6.25. The highest BCUT2D eigenvalue weighted by molar-refractivity contribution is 5.80. The molecule has 0 aliphatic carbocycles. The Morgan fingerprint density at radius 1 is 1.50 bits per heavy atom. The minimum Gasteiger partial charge on any atom is -0.372 e. The molecule has 1 aromatic rings. The zero-order valence-electron chi connectivity index (χ0n) is 9.69. The van der Waals surface area contributed by atoms with Crippen molar-refractivity contribution in [3.05, 3.63) is 35.4 Å². The van der Waals surface area contributed by atoms with Gasteiger partial charge in [-0.05, 0) is 18.1 Å². The number of methoxy groups -OCH3 is 1. The quantitative estimate of drug-likeness (QED) is 0.774. The summed E-state index contributed by atoms with van der Waals surface area (Å²) < 4.78 is 4.91. The number of rotatable bonds is 5. The minimum absolute atomic E-state index is 0.111. The van der Waals surface area contributed by atoms with E-state index in [-0.39, 0.29) is 5.91 Å². The Kier molecular flexibility index (Phi) is 4.95. The van der Waals surface area contributed by atoms with Crippen molar-refractivity contribution in [2.75, 3.05) is 7.11 Å². The van der Waals surface area contributed by atoms with Crippen LogP contribution < -0.4 is 11.1 Å². The van der Waals surface area contributed by atoms with E-state index in [0.29, 0.717) is 13.1 Å². The highest BCUT2D eigenvalue weighted by atomic mass is 16.5. The topological polar surface area (TPSA) is 64.3 Å². The van der Waals surface area contributed by atoms with Crippen LogP contribution in [0.25, 0.3) is 0 Å². The summed E-state index contributed by atoms with van der Waals surface area (Å²) in [5, 5.41) is 2.80. The molecule has 1 unspecified atom stereocenters. The molecule has 0 aliphatic heterocycles. The van der Waals surface area contributed by atoms with Crippen LogP contribution in [-0.4, -0.2) is 19.1 Å². The molecule has 4 heteroatoms. The molecule has 1 aromatic carbocycles. The van der Waals surface area contributed by atoms with E-state index in [2.05, 4.69) is 5.32 Å². The van der Waals surface area contributed by atoms with Crippen molar-refractivity contribution in [1.29, 1.82) is 0 Å². The molecule has 0 aromatic heterocycles. The maximum Gasteiger partial charge on any atom is 0.249 e. The molecule has 0 aliphatic rings. The Hall–Kier alpha value is -1.39. The van der Waals surface area contributed by atoms with Gasteiger partial charge in [0.25, 0.3) is 0 Å². The van der Waals surface area contributed by atoms with Crippen LogP contribution in [0.4, 0.5) is 0 Å². The number of nitrogens with two attached hydrogens (primary N) is 1. The van der Waals surface area contributed by atoms with E-state index in [1.165, 1.54) is 7.11 Å². The van der Waals surface area contributed by atoms with E-state index in [0.717, 1.165) is 11.1 Å². The first-order valence-electron chi connectivity index (χ1n) is 5.25. The molecular weight excluding hydrogens is 204 g/mol. The van der Waals surface area contributed by atoms with E-state index >= 15 is 0 Å². The lowest BCUT2D eigenvalue weighted by atomic mass is 10.1. The predicted octanol–water partition coefficient (Wildman–Crippen LogP) is 0.796. The van der Waals surface area contributed by atoms with Gasteiger partial charge >= 0.3 is 0 Å². The molecule has 3 N–H and O–H groups in total. The van der Waals surface area contributed by atoms with Crippen molar-refractivity contribution < 1.29 is 9.53 Å². The first-order chi connectivity index (χ1) is 7.67. The number of ether oxygens (including phenoxy) is 1. The van der Waals surface area contributed by atoms with Crippen molar-refractivity contribution in [1.82, 2.24) is 5.32 Å². The Morgan fingerprint density at radius 2 is 2.19 bits per heavy atom. The maximum atomic E-state index is 11.4. The first kappa shape index (κ1) is 12.7. The van der Waals surface area contributed by atoms with Gasteiger partial charge in [-0.2, -0.15) is 0 Å². The van der Waals surface area contributed by atoms with Crippen LogP contribution in [-0.2, 0) is 22.6 Å². The molecule has 0 radical (unpaired) electrons. The zero-order chi connectivity index (χ0) is 12.0. The highest BCUT2D eigenvalue weighted by Gasteiger charge is 2.10. The van der Waals surface area contributed by atoms with Crippen molar-refractivity contribution in [2.24, 2.45) is 5.73 Å². The molecule has 4 nitrogen and oxygen atoms in total. The predicted molar refractivity (Wildman–Crippen MR) is 62.7 cm³/mol. The normalized spacial score (nSPS) is 12.2. The summed E-state index contributed by atoms with van der Waals surface area (Å²) >= 11 is 0. The number of hydrogen-bond acceptors (Lipinski definition) is 3. The summed E-state index contributed by atoms with van der Waals surface area (Å²) in [7, 11) is 1.51. The lowest BCUT2D eigenvalue weighted by Gasteiger charge is -2.10. The summed E-state index contributed by atoms with van der Waals surface area (Å²) in [5.74, 6) is -0.111. The van der Waals surface area contributed by atoms with Gasteiger partial charge < -0.3 is 15.8 Å². The molecule has 16 heavy (non-hydrogen) atoms. The molecule has 88 valence electrons. The third-order valence-corrected chi connectivity index (χ3v) is 2.42. The lowest BCUT2D eigenvalue weighted by molar-refractivity contribution is -0.130. The van der Waals surface area contributed by atoms with E-state index in [1.54, 1.807) is 6.92 Å². The Labute approximate surface area is 95.8 Å². The summed E-state index contributed by atoms with van der Waals surface area (Å²) in [6.07, 6.45) is -0.419. The van der Waals surface area contributed by atoms with Gasteiger partial charge in [-0.1, -0.05) is 24.3 Å². The van der Waals surface area contributed by atoms with Crippen molar-refractivity contribution in [3.8, 4) is 0 Å². The lowest BCUT2D eigenvalue weighted by Crippen LogP contribution is -2.33. The zero-order valence-corrected chi connectivity index (χ0v) is 9.69. The summed E-state index contributed by atoms with van der Waals surface area (Å²) in [6, 6.07) is 7.83. The average molecular weight is 222 g/mol. The average Bonchev–Trinajstić information content (AvgIpc) is 2.35. The van der Waals surface area contributed by atoms with Crippen molar-refractivity contribution in [3.63, 3.8) is 0 Å². The van der Waals surface area contributed by atoms with Gasteiger partial charge in [-0.15, -0.1) is 0 Å². The monoisotopic (exact) mass is 222 g/mol. The SMILES string of the molecule is COC(C)C(=O)NCc1cccc(CN)c1. The molecule has 1 amide bonds. The van der Waals surface area contributed by atoms with Crippen LogP contribution in [0.5, 0.6) is 0 Å². The van der Waals surface area contributed by atoms with Crippen molar-refractivity contribution >= 4 is 5.91 Å². The smallest absolute Gasteiger partial charge is 0.249 e. The molecule has 1 rings (SSSR count). The van der Waals surface area contributed by atoms with E-state index in [9.17, 15) is 4.79 Å². The van der Waals surface area contributed by atoms with E-state index in [1.807, 2.05) is 24.3 Å². The van der Waals surface area contributed by atoms with Gasteiger partial charge in [0, 0.05) is 20.2 Å². The van der Waals surface area contributed by atoms with Gasteiger partial charge in [0.2, 0.25) is 5.91 Å².